The van der Waals surface area contributed by atoms with Crippen molar-refractivity contribution in [3.8, 4) is 5.75 Å². The number of nitrogens with two attached hydrogens (primary N) is 1. The van der Waals surface area contributed by atoms with Gasteiger partial charge in [0, 0.05) is 0 Å². The van der Waals surface area contributed by atoms with Crippen LogP contribution in [0.15, 0.2) is 48.5 Å². The quantitative estimate of drug-likeness (QED) is 0.720. The molecule has 0 amide bonds. The minimum Gasteiger partial charge on any atom is -0.495 e. The molecule has 1 unspecified atom stereocenters. The lowest BCUT2D eigenvalue weighted by Gasteiger charge is -2.20. The molecule has 19 heavy (non-hydrogen) atoms. The number of anilines is 2. The lowest BCUT2D eigenvalue weighted by molar-refractivity contribution is 0.276. The number of hydrogen-bond acceptors (Lipinski definition) is 4. The van der Waals surface area contributed by atoms with E-state index in [-0.39, 0.29) is 12.6 Å². The van der Waals surface area contributed by atoms with Gasteiger partial charge in [-0.2, -0.15) is 0 Å². The van der Waals surface area contributed by atoms with Crippen molar-refractivity contribution in [1.29, 1.82) is 0 Å². The Morgan fingerprint density at radius 3 is 2.53 bits per heavy atom. The second-order valence-corrected chi connectivity index (χ2v) is 4.21. The van der Waals surface area contributed by atoms with Gasteiger partial charge < -0.3 is 20.9 Å². The van der Waals surface area contributed by atoms with Crippen LogP contribution >= 0.6 is 0 Å². The molecule has 0 saturated heterocycles. The van der Waals surface area contributed by atoms with Gasteiger partial charge in [-0.05, 0) is 17.7 Å². The van der Waals surface area contributed by atoms with E-state index in [4.69, 9.17) is 10.5 Å². The predicted octanol–water partition coefficient (Wildman–Crippen LogP) is 2.42. The predicted molar refractivity (Wildman–Crippen MR) is 77.3 cm³/mol. The number of nitrogens with one attached hydrogen (secondary N) is 1. The molecule has 2 aromatic carbocycles. The van der Waals surface area contributed by atoms with Crippen LogP contribution in [0.4, 0.5) is 11.4 Å². The van der Waals surface area contributed by atoms with Gasteiger partial charge in [-0.15, -0.1) is 0 Å². The van der Waals surface area contributed by atoms with E-state index in [0.29, 0.717) is 11.4 Å². The van der Waals surface area contributed by atoms with E-state index >= 15 is 0 Å². The van der Waals surface area contributed by atoms with E-state index in [1.165, 1.54) is 0 Å². The summed E-state index contributed by atoms with van der Waals surface area (Å²) in [7, 11) is 1.58. The number of ether oxygens (including phenoxy) is 1. The summed E-state index contributed by atoms with van der Waals surface area (Å²) in [6.45, 7) is -0.0132. The zero-order valence-electron chi connectivity index (χ0n) is 10.8. The van der Waals surface area contributed by atoms with E-state index in [9.17, 15) is 5.11 Å². The molecule has 0 aromatic heterocycles. The number of aliphatic hydroxyl groups is 1. The Balaban J connectivity index is 2.24. The fourth-order valence-electron chi connectivity index (χ4n) is 1.96. The molecule has 2 rings (SSSR count). The van der Waals surface area contributed by atoms with Crippen molar-refractivity contribution in [2.45, 2.75) is 6.04 Å². The van der Waals surface area contributed by atoms with Crippen LogP contribution in [-0.2, 0) is 0 Å². The first kappa shape index (κ1) is 13.2. The van der Waals surface area contributed by atoms with Crippen LogP contribution in [0.1, 0.15) is 11.6 Å². The zero-order valence-corrected chi connectivity index (χ0v) is 10.8. The third-order valence-electron chi connectivity index (χ3n) is 3.00. The molecule has 1 atom stereocenters. The third kappa shape index (κ3) is 2.98. The summed E-state index contributed by atoms with van der Waals surface area (Å²) in [6.07, 6.45) is 0. The Bertz CT molecular complexity index is 529. The van der Waals surface area contributed by atoms with Gasteiger partial charge in [0.05, 0.1) is 31.1 Å². The van der Waals surface area contributed by atoms with Gasteiger partial charge in [-0.1, -0.05) is 36.4 Å². The highest BCUT2D eigenvalue weighted by Crippen LogP contribution is 2.31. The van der Waals surface area contributed by atoms with Gasteiger partial charge >= 0.3 is 0 Å². The summed E-state index contributed by atoms with van der Waals surface area (Å²) in [5.41, 5.74) is 8.31. The Hall–Kier alpha value is -2.20. The molecule has 0 fully saturated rings. The summed E-state index contributed by atoms with van der Waals surface area (Å²) in [5, 5.41) is 12.8. The Morgan fingerprint density at radius 2 is 1.89 bits per heavy atom. The van der Waals surface area contributed by atoms with Gasteiger partial charge in [0.15, 0.2) is 0 Å². The number of benzene rings is 2. The Labute approximate surface area is 112 Å². The van der Waals surface area contributed by atoms with Crippen LogP contribution in [0, 0.1) is 0 Å². The molecule has 4 heteroatoms. The summed E-state index contributed by atoms with van der Waals surface area (Å²) >= 11 is 0. The van der Waals surface area contributed by atoms with E-state index in [1.807, 2.05) is 42.5 Å². The fourth-order valence-corrected chi connectivity index (χ4v) is 1.96. The lowest BCUT2D eigenvalue weighted by atomic mass is 10.1. The van der Waals surface area contributed by atoms with Gasteiger partial charge in [-0.25, -0.2) is 0 Å². The van der Waals surface area contributed by atoms with Crippen molar-refractivity contribution in [2.24, 2.45) is 0 Å². The number of methoxy groups -OCH3 is 1. The van der Waals surface area contributed by atoms with Crippen LogP contribution in [-0.4, -0.2) is 18.8 Å². The van der Waals surface area contributed by atoms with E-state index in [0.717, 1.165) is 11.3 Å². The highest BCUT2D eigenvalue weighted by Gasteiger charge is 2.12. The number of para-hydroxylation sites is 1. The smallest absolute Gasteiger partial charge is 0.143 e. The molecule has 0 heterocycles. The van der Waals surface area contributed by atoms with Crippen LogP contribution in [0.5, 0.6) is 5.75 Å². The second-order valence-electron chi connectivity index (χ2n) is 4.21. The Morgan fingerprint density at radius 1 is 1.16 bits per heavy atom. The van der Waals surface area contributed by atoms with Crippen molar-refractivity contribution in [2.75, 3.05) is 24.8 Å². The maximum Gasteiger partial charge on any atom is 0.143 e. The van der Waals surface area contributed by atoms with Crippen molar-refractivity contribution in [1.82, 2.24) is 0 Å². The van der Waals surface area contributed by atoms with Gasteiger partial charge in [-0.3, -0.25) is 0 Å². The maximum atomic E-state index is 9.52. The molecule has 0 radical (unpaired) electrons. The topological polar surface area (TPSA) is 67.5 Å². The first-order valence-corrected chi connectivity index (χ1v) is 6.11. The molecule has 2 aromatic rings. The molecule has 0 saturated carbocycles. The molecule has 0 aliphatic heterocycles. The van der Waals surface area contributed by atoms with Crippen molar-refractivity contribution in [3.63, 3.8) is 0 Å². The minimum atomic E-state index is -0.199. The number of nitrogen functional groups attached to an aromatic ring is 1. The molecule has 0 aliphatic carbocycles. The summed E-state index contributed by atoms with van der Waals surface area (Å²) in [4.78, 5) is 0. The number of aliphatic hydroxyl groups excluding tert-OH is 1. The van der Waals surface area contributed by atoms with E-state index in [2.05, 4.69) is 5.32 Å². The fraction of sp³-hybridized carbons (Fsp3) is 0.200. The molecular formula is C15H18N2O2. The normalized spacial score (nSPS) is 11.9. The van der Waals surface area contributed by atoms with Crippen LogP contribution in [0.3, 0.4) is 0 Å². The van der Waals surface area contributed by atoms with Crippen LogP contribution in [0.25, 0.3) is 0 Å². The lowest BCUT2D eigenvalue weighted by Crippen LogP contribution is -2.15. The molecular weight excluding hydrogens is 240 g/mol. The minimum absolute atomic E-state index is 0.0132. The summed E-state index contributed by atoms with van der Waals surface area (Å²) in [5.74, 6) is 0.620. The first-order chi connectivity index (χ1) is 9.26. The van der Waals surface area contributed by atoms with E-state index in [1.54, 1.807) is 13.2 Å². The summed E-state index contributed by atoms with van der Waals surface area (Å²) < 4.78 is 5.18. The second kappa shape index (κ2) is 6.11. The molecule has 0 aliphatic rings. The van der Waals surface area contributed by atoms with Crippen molar-refractivity contribution >= 4 is 11.4 Å². The molecule has 0 bridgehead atoms. The average Bonchev–Trinajstić information content (AvgIpc) is 2.47. The molecule has 100 valence electrons. The van der Waals surface area contributed by atoms with Crippen molar-refractivity contribution in [3.05, 3.63) is 54.1 Å². The van der Waals surface area contributed by atoms with Crippen molar-refractivity contribution < 1.29 is 9.84 Å². The highest BCUT2D eigenvalue weighted by atomic mass is 16.5. The number of rotatable bonds is 5. The molecule has 4 N–H and O–H groups in total. The summed E-state index contributed by atoms with van der Waals surface area (Å²) in [6, 6.07) is 15.1. The van der Waals surface area contributed by atoms with Gasteiger partial charge in [0.25, 0.3) is 0 Å². The van der Waals surface area contributed by atoms with E-state index < -0.39 is 0 Å². The number of hydrogen-bond donors (Lipinski definition) is 3. The maximum absolute atomic E-state index is 9.52. The molecule has 0 spiro atoms. The average molecular weight is 258 g/mol. The Kier molecular flexibility index (Phi) is 4.26. The SMILES string of the molecule is COc1cccc(NC(CO)c2ccccc2)c1N. The monoisotopic (exact) mass is 258 g/mol. The standard InChI is InChI=1S/C15H18N2O2/c1-19-14-9-5-8-12(15(14)16)17-13(10-18)11-6-3-2-4-7-11/h2-9,13,17-18H,10,16H2,1H3. The van der Waals surface area contributed by atoms with Gasteiger partial charge in [0.2, 0.25) is 0 Å². The molecule has 4 nitrogen and oxygen atoms in total. The van der Waals surface area contributed by atoms with Crippen LogP contribution < -0.4 is 15.8 Å². The largest absolute Gasteiger partial charge is 0.495 e. The highest BCUT2D eigenvalue weighted by molar-refractivity contribution is 5.73. The van der Waals surface area contributed by atoms with Gasteiger partial charge in [0.1, 0.15) is 5.75 Å². The third-order valence-corrected chi connectivity index (χ3v) is 3.00. The first-order valence-electron chi connectivity index (χ1n) is 6.11. The zero-order chi connectivity index (χ0) is 13.7. The van der Waals surface area contributed by atoms with Crippen LogP contribution in [0.2, 0.25) is 0 Å².